The molecule has 0 spiro atoms. The molecule has 1 aromatic rings. The molecule has 0 amide bonds. The molecule has 0 aliphatic carbocycles. The highest BCUT2D eigenvalue weighted by atomic mass is 15.0. The summed E-state index contributed by atoms with van der Waals surface area (Å²) in [6.45, 7) is 5.51. The Morgan fingerprint density at radius 1 is 1.40 bits per heavy atom. The fourth-order valence-corrected chi connectivity index (χ4v) is 0.446. The van der Waals surface area contributed by atoms with Crippen molar-refractivity contribution >= 4 is 0 Å². The molecule has 0 bridgehead atoms. The van der Waals surface area contributed by atoms with E-state index in [-0.39, 0.29) is 0 Å². The van der Waals surface area contributed by atoms with Gasteiger partial charge in [-0.15, -0.1) is 0 Å². The molecular weight excluding hydrogens is 128 g/mol. The maximum Gasteiger partial charge on any atom is 0.131 e. The summed E-state index contributed by atoms with van der Waals surface area (Å²) in [6.07, 6.45) is 3.89. The number of rotatable bonds is 1. The lowest BCUT2D eigenvalue weighted by molar-refractivity contribution is 0.896. The average molecular weight is 136 g/mol. The minimum atomic E-state index is 0.847. The van der Waals surface area contributed by atoms with Crippen LogP contribution in [0.3, 0.4) is 0 Å². The van der Waals surface area contributed by atoms with Crippen LogP contribution in [0.1, 0.15) is 12.7 Å². The smallest absolute Gasteiger partial charge is 0.131 e. The number of hydrogen-bond acceptors (Lipinski definition) is 4. The van der Waals surface area contributed by atoms with Gasteiger partial charge in [0.05, 0.1) is 0 Å². The van der Waals surface area contributed by atoms with Gasteiger partial charge in [-0.2, -0.15) is 0 Å². The Bertz CT molecular complexity index is 181. The summed E-state index contributed by atoms with van der Waals surface area (Å²) in [7, 11) is 0. The van der Waals surface area contributed by atoms with Gasteiger partial charge in [-0.25, -0.2) is 20.2 Å². The predicted octanol–water partition coefficient (Wildman–Crippen LogP) is 0.574. The minimum Gasteiger partial charge on any atom is -0.225 e. The van der Waals surface area contributed by atoms with E-state index in [0.717, 1.165) is 12.2 Å². The van der Waals surface area contributed by atoms with Crippen LogP contribution in [-0.4, -0.2) is 15.0 Å². The first-order valence-electron chi connectivity index (χ1n) is 2.80. The molecular formula is C6H8N4. The van der Waals surface area contributed by atoms with E-state index in [9.17, 15) is 0 Å². The van der Waals surface area contributed by atoms with Crippen molar-refractivity contribution in [2.45, 2.75) is 13.3 Å². The van der Waals surface area contributed by atoms with Crippen LogP contribution >= 0.6 is 0 Å². The zero-order valence-corrected chi connectivity index (χ0v) is 5.73. The van der Waals surface area contributed by atoms with Crippen LogP contribution in [-0.2, 0) is 6.42 Å². The largest absolute Gasteiger partial charge is 0.225 e. The van der Waals surface area contributed by atoms with Gasteiger partial charge >= 0.3 is 0 Å². The van der Waals surface area contributed by atoms with Gasteiger partial charge in [-0.1, -0.05) is 6.92 Å². The summed E-state index contributed by atoms with van der Waals surface area (Å²) in [5.74, 6) is 0.847. The summed E-state index contributed by atoms with van der Waals surface area (Å²) in [4.78, 5) is 11.4. The van der Waals surface area contributed by atoms with Crippen LogP contribution in [0.4, 0.5) is 0 Å². The molecule has 0 saturated carbocycles. The summed E-state index contributed by atoms with van der Waals surface area (Å²) in [5, 5.41) is 6.50. The molecule has 0 aliphatic rings. The monoisotopic (exact) mass is 136 g/mol. The van der Waals surface area contributed by atoms with Crippen LogP contribution in [0, 0.1) is 11.8 Å². The highest BCUT2D eigenvalue weighted by Gasteiger charge is 1.84. The van der Waals surface area contributed by atoms with Gasteiger partial charge in [0.15, 0.2) is 0 Å². The van der Waals surface area contributed by atoms with Crippen LogP contribution < -0.4 is 0 Å². The third-order valence-electron chi connectivity index (χ3n) is 0.863. The molecule has 1 heterocycles. The number of hydrogen-bond donors (Lipinski definition) is 0. The molecule has 4 nitrogen and oxygen atoms in total. The van der Waals surface area contributed by atoms with E-state index in [1.807, 2.05) is 6.92 Å². The Morgan fingerprint density at radius 2 is 1.90 bits per heavy atom. The Labute approximate surface area is 59.6 Å². The van der Waals surface area contributed by atoms with Crippen molar-refractivity contribution in [1.29, 1.82) is 5.26 Å². The fraction of sp³-hybridized carbons (Fsp3) is 0.333. The van der Waals surface area contributed by atoms with Crippen LogP contribution in [0.25, 0.3) is 0 Å². The number of aromatic nitrogens is 3. The molecule has 10 heavy (non-hydrogen) atoms. The lowest BCUT2D eigenvalue weighted by Crippen LogP contribution is -1.90. The third kappa shape index (κ3) is 2.72. The van der Waals surface area contributed by atoms with E-state index in [1.165, 1.54) is 12.7 Å². The van der Waals surface area contributed by atoms with Gasteiger partial charge in [0.1, 0.15) is 18.5 Å². The van der Waals surface area contributed by atoms with E-state index in [2.05, 4.69) is 21.5 Å². The number of nitriles is 1. The van der Waals surface area contributed by atoms with E-state index in [0.29, 0.717) is 0 Å². The summed E-state index contributed by atoms with van der Waals surface area (Å²) >= 11 is 0. The lowest BCUT2D eigenvalue weighted by atomic mass is 10.5. The lowest BCUT2D eigenvalue weighted by Gasteiger charge is -1.87. The summed E-state index contributed by atoms with van der Waals surface area (Å²) in [5.41, 5.74) is 0. The molecule has 0 aliphatic heterocycles. The molecule has 0 atom stereocenters. The van der Waals surface area contributed by atoms with Crippen molar-refractivity contribution in [3.05, 3.63) is 18.5 Å². The Morgan fingerprint density at radius 3 is 2.20 bits per heavy atom. The standard InChI is InChI=1S/C5H7N3.CHN/c1-2-5-7-3-6-4-8-5;1-2/h3-4H,2H2,1H3;1H. The predicted molar refractivity (Wildman–Crippen MR) is 35.9 cm³/mol. The van der Waals surface area contributed by atoms with Gasteiger partial charge in [0.25, 0.3) is 0 Å². The van der Waals surface area contributed by atoms with Crippen molar-refractivity contribution in [2.24, 2.45) is 0 Å². The molecule has 1 rings (SSSR count). The maximum atomic E-state index is 6.50. The Hall–Kier alpha value is -1.50. The van der Waals surface area contributed by atoms with E-state index >= 15 is 0 Å². The SMILES string of the molecule is C#N.CCc1ncncn1. The van der Waals surface area contributed by atoms with Crippen LogP contribution in [0.15, 0.2) is 12.7 Å². The first kappa shape index (κ1) is 8.50. The van der Waals surface area contributed by atoms with Crippen molar-refractivity contribution in [3.8, 4) is 6.57 Å². The molecule has 0 saturated heterocycles. The van der Waals surface area contributed by atoms with Crippen LogP contribution in [0.2, 0.25) is 0 Å². The Kier molecular flexibility index (Phi) is 4.79. The molecule has 4 heteroatoms. The Balaban J connectivity index is 0.000000371. The highest BCUT2D eigenvalue weighted by Crippen LogP contribution is 1.82. The first-order chi connectivity index (χ1) is 4.93. The number of nitrogens with zero attached hydrogens (tertiary/aromatic N) is 4. The van der Waals surface area contributed by atoms with Crippen molar-refractivity contribution in [2.75, 3.05) is 0 Å². The van der Waals surface area contributed by atoms with E-state index in [1.54, 1.807) is 0 Å². The number of aryl methyl sites for hydroxylation is 1. The van der Waals surface area contributed by atoms with Gasteiger partial charge in [-0.05, 0) is 0 Å². The van der Waals surface area contributed by atoms with Crippen molar-refractivity contribution < 1.29 is 0 Å². The zero-order valence-electron chi connectivity index (χ0n) is 5.73. The molecule has 0 radical (unpaired) electrons. The first-order valence-corrected chi connectivity index (χ1v) is 2.80. The summed E-state index contributed by atoms with van der Waals surface area (Å²) in [6, 6.07) is 0. The second kappa shape index (κ2) is 5.63. The van der Waals surface area contributed by atoms with Crippen molar-refractivity contribution in [1.82, 2.24) is 15.0 Å². The fourth-order valence-electron chi connectivity index (χ4n) is 0.446. The topological polar surface area (TPSA) is 62.5 Å². The zero-order chi connectivity index (χ0) is 7.82. The highest BCUT2D eigenvalue weighted by molar-refractivity contribution is 4.78. The second-order valence-corrected chi connectivity index (χ2v) is 1.41. The van der Waals surface area contributed by atoms with Gasteiger partial charge < -0.3 is 0 Å². The average Bonchev–Trinajstić information content (AvgIpc) is 2.10. The molecule has 0 N–H and O–H groups in total. The molecule has 0 unspecified atom stereocenters. The normalized spacial score (nSPS) is 7.50. The van der Waals surface area contributed by atoms with E-state index in [4.69, 9.17) is 5.26 Å². The van der Waals surface area contributed by atoms with Crippen molar-refractivity contribution in [3.63, 3.8) is 0 Å². The molecule has 52 valence electrons. The van der Waals surface area contributed by atoms with E-state index < -0.39 is 0 Å². The molecule has 0 aromatic carbocycles. The van der Waals surface area contributed by atoms with Crippen LogP contribution in [0.5, 0.6) is 0 Å². The van der Waals surface area contributed by atoms with Gasteiger partial charge in [0.2, 0.25) is 0 Å². The summed E-state index contributed by atoms with van der Waals surface area (Å²) < 4.78 is 0. The molecule has 1 aromatic heterocycles. The third-order valence-corrected chi connectivity index (χ3v) is 0.863. The van der Waals surface area contributed by atoms with Gasteiger partial charge in [0, 0.05) is 13.0 Å². The minimum absolute atomic E-state index is 0.847. The quantitative estimate of drug-likeness (QED) is 0.566. The maximum absolute atomic E-state index is 6.50. The molecule has 0 fully saturated rings. The second-order valence-electron chi connectivity index (χ2n) is 1.41. The van der Waals surface area contributed by atoms with Gasteiger partial charge in [-0.3, -0.25) is 0 Å².